The fourth-order valence-electron chi connectivity index (χ4n) is 3.47. The highest BCUT2D eigenvalue weighted by Crippen LogP contribution is 2.36. The van der Waals surface area contributed by atoms with Gasteiger partial charge in [-0.3, -0.25) is 9.59 Å². The topological polar surface area (TPSA) is 43.4 Å². The van der Waals surface area contributed by atoms with E-state index in [4.69, 9.17) is 4.74 Å². The van der Waals surface area contributed by atoms with Gasteiger partial charge in [-0.2, -0.15) is 0 Å². The maximum Gasteiger partial charge on any atom is 0.320 e. The summed E-state index contributed by atoms with van der Waals surface area (Å²) < 4.78 is 5.35. The Morgan fingerprint density at radius 3 is 1.55 bits per heavy atom. The summed E-state index contributed by atoms with van der Waals surface area (Å²) in [5.41, 5.74) is 3.33. The molecule has 0 saturated heterocycles. The number of ether oxygens (including phenoxy) is 1. The van der Waals surface area contributed by atoms with E-state index in [-0.39, 0.29) is 12.4 Å². The molecule has 0 radical (unpaired) electrons. The highest BCUT2D eigenvalue weighted by Gasteiger charge is 2.44. The molecule has 0 aliphatic carbocycles. The Bertz CT molecular complexity index is 596. The van der Waals surface area contributed by atoms with Crippen LogP contribution in [0.2, 0.25) is 0 Å². The van der Waals surface area contributed by atoms with Crippen LogP contribution in [-0.4, -0.2) is 18.4 Å². The summed E-state index contributed by atoms with van der Waals surface area (Å²) in [6, 6.07) is 0. The van der Waals surface area contributed by atoms with Crippen LogP contribution in [0.1, 0.15) is 92.9 Å². The standard InChI is InChI=1S/C26H42O3/c1-9-29-25(28)26(24(8)27,18-22(6)16-12-10-14-20(2)3)19-23(7)17-13-11-15-21(4)5/h16-17H,2,4,9-15,18-19H2,1,3,5-8H3. The number of unbranched alkanes of at least 4 members (excludes halogenated alkanes) is 2. The number of carbonyl (C=O) groups is 2. The number of allylic oxidation sites excluding steroid dienone is 6. The molecule has 0 bridgehead atoms. The lowest BCUT2D eigenvalue weighted by Crippen LogP contribution is -2.40. The molecule has 3 heteroatoms. The van der Waals surface area contributed by atoms with Gasteiger partial charge < -0.3 is 4.74 Å². The quantitative estimate of drug-likeness (QED) is 0.125. The first-order chi connectivity index (χ1) is 13.5. The second kappa shape index (κ2) is 14.1. The minimum Gasteiger partial charge on any atom is -0.465 e. The smallest absolute Gasteiger partial charge is 0.320 e. The van der Waals surface area contributed by atoms with Crippen molar-refractivity contribution >= 4 is 11.8 Å². The van der Waals surface area contributed by atoms with E-state index >= 15 is 0 Å². The summed E-state index contributed by atoms with van der Waals surface area (Å²) in [5, 5.41) is 0. The van der Waals surface area contributed by atoms with Crippen molar-refractivity contribution < 1.29 is 14.3 Å². The van der Waals surface area contributed by atoms with Gasteiger partial charge in [0, 0.05) is 0 Å². The molecule has 0 aromatic rings. The lowest BCUT2D eigenvalue weighted by atomic mass is 9.73. The van der Waals surface area contributed by atoms with Crippen LogP contribution >= 0.6 is 0 Å². The fraction of sp³-hybridized carbons (Fsp3) is 0.615. The Balaban J connectivity index is 5.43. The summed E-state index contributed by atoms with van der Waals surface area (Å²) in [6.45, 7) is 19.5. The van der Waals surface area contributed by atoms with Gasteiger partial charge in [0.1, 0.15) is 11.2 Å². The number of Topliss-reactive ketones (excluding diaryl/α,β-unsaturated/α-hetero) is 1. The lowest BCUT2D eigenvalue weighted by molar-refractivity contribution is -0.159. The molecule has 29 heavy (non-hydrogen) atoms. The number of ketones is 1. The third-order valence-corrected chi connectivity index (χ3v) is 5.10. The zero-order valence-corrected chi connectivity index (χ0v) is 19.7. The van der Waals surface area contributed by atoms with Gasteiger partial charge in [0.2, 0.25) is 0 Å². The van der Waals surface area contributed by atoms with Crippen molar-refractivity contribution in [3.8, 4) is 0 Å². The van der Waals surface area contributed by atoms with Crippen LogP contribution in [0, 0.1) is 5.41 Å². The van der Waals surface area contributed by atoms with Crippen molar-refractivity contribution in [1.82, 2.24) is 0 Å². The van der Waals surface area contributed by atoms with E-state index in [1.165, 1.54) is 18.1 Å². The van der Waals surface area contributed by atoms with Gasteiger partial charge in [-0.05, 0) is 92.9 Å². The molecule has 0 unspecified atom stereocenters. The summed E-state index contributed by atoms with van der Waals surface area (Å²) in [7, 11) is 0. The molecule has 164 valence electrons. The van der Waals surface area contributed by atoms with Crippen molar-refractivity contribution in [2.24, 2.45) is 5.41 Å². The largest absolute Gasteiger partial charge is 0.465 e. The maximum atomic E-state index is 12.9. The zero-order chi connectivity index (χ0) is 22.4. The Morgan fingerprint density at radius 2 is 1.24 bits per heavy atom. The predicted octanol–water partition coefficient (Wildman–Crippen LogP) is 7.29. The molecular formula is C26H42O3. The minimum atomic E-state index is -1.14. The first kappa shape index (κ1) is 27.1. The summed E-state index contributed by atoms with van der Waals surface area (Å²) in [4.78, 5) is 25.6. The average Bonchev–Trinajstić information content (AvgIpc) is 2.61. The average molecular weight is 403 g/mol. The highest BCUT2D eigenvalue weighted by molar-refractivity contribution is 6.03. The van der Waals surface area contributed by atoms with Crippen LogP contribution < -0.4 is 0 Å². The Morgan fingerprint density at radius 1 is 0.828 bits per heavy atom. The molecule has 0 spiro atoms. The molecule has 0 aliphatic heterocycles. The molecule has 0 N–H and O–H groups in total. The second-order valence-corrected chi connectivity index (χ2v) is 8.51. The van der Waals surface area contributed by atoms with Gasteiger partial charge in [-0.1, -0.05) is 34.4 Å². The molecule has 0 amide bonds. The van der Waals surface area contributed by atoms with Crippen LogP contribution in [-0.2, 0) is 14.3 Å². The summed E-state index contributed by atoms with van der Waals surface area (Å²) in [6.07, 6.45) is 11.0. The monoisotopic (exact) mass is 402 g/mol. The number of hydrogen-bond acceptors (Lipinski definition) is 3. The van der Waals surface area contributed by atoms with E-state index in [1.54, 1.807) is 6.92 Å². The number of esters is 1. The molecular weight excluding hydrogens is 360 g/mol. The molecule has 0 aliphatic rings. The normalized spacial score (nSPS) is 14.3. The van der Waals surface area contributed by atoms with Crippen molar-refractivity contribution in [2.75, 3.05) is 6.61 Å². The summed E-state index contributed by atoms with van der Waals surface area (Å²) >= 11 is 0. The number of rotatable bonds is 15. The van der Waals surface area contributed by atoms with Crippen LogP contribution in [0.25, 0.3) is 0 Å². The Hall–Kier alpha value is -1.90. The van der Waals surface area contributed by atoms with Gasteiger partial charge in [-0.25, -0.2) is 0 Å². The van der Waals surface area contributed by atoms with Crippen molar-refractivity contribution in [3.05, 3.63) is 47.6 Å². The van der Waals surface area contributed by atoms with Crippen LogP contribution in [0.3, 0.4) is 0 Å². The SMILES string of the molecule is C=C(C)CCCC=C(C)CC(CC(C)=CCCCC(=C)C)(C(C)=O)C(=O)OCC. The maximum absolute atomic E-state index is 12.9. The first-order valence-corrected chi connectivity index (χ1v) is 10.8. The van der Waals surface area contributed by atoms with E-state index in [1.807, 2.05) is 27.7 Å². The zero-order valence-electron chi connectivity index (χ0n) is 19.7. The van der Waals surface area contributed by atoms with Crippen molar-refractivity contribution in [2.45, 2.75) is 92.9 Å². The Kier molecular flexibility index (Phi) is 13.2. The van der Waals surface area contributed by atoms with E-state index in [0.717, 1.165) is 49.7 Å². The number of carbonyl (C=O) groups excluding carboxylic acids is 2. The van der Waals surface area contributed by atoms with E-state index < -0.39 is 11.4 Å². The van der Waals surface area contributed by atoms with Crippen molar-refractivity contribution in [3.63, 3.8) is 0 Å². The molecule has 0 aromatic carbocycles. The van der Waals surface area contributed by atoms with Crippen LogP contribution in [0.4, 0.5) is 0 Å². The fourth-order valence-corrected chi connectivity index (χ4v) is 3.47. The number of hydrogen-bond donors (Lipinski definition) is 0. The highest BCUT2D eigenvalue weighted by atomic mass is 16.5. The van der Waals surface area contributed by atoms with Gasteiger partial charge in [0.15, 0.2) is 0 Å². The summed E-state index contributed by atoms with van der Waals surface area (Å²) in [5.74, 6) is -0.530. The third kappa shape index (κ3) is 11.0. The molecule has 0 fully saturated rings. The molecule has 0 saturated carbocycles. The third-order valence-electron chi connectivity index (χ3n) is 5.10. The lowest BCUT2D eigenvalue weighted by Gasteiger charge is -2.30. The van der Waals surface area contributed by atoms with Crippen LogP contribution in [0.5, 0.6) is 0 Å². The van der Waals surface area contributed by atoms with Gasteiger partial charge >= 0.3 is 5.97 Å². The minimum absolute atomic E-state index is 0.125. The predicted molar refractivity (Wildman–Crippen MR) is 124 cm³/mol. The molecule has 0 rings (SSSR count). The van der Waals surface area contributed by atoms with Gasteiger partial charge in [0.05, 0.1) is 6.61 Å². The first-order valence-electron chi connectivity index (χ1n) is 10.8. The molecule has 0 atom stereocenters. The van der Waals surface area contributed by atoms with E-state index in [2.05, 4.69) is 25.3 Å². The molecule has 3 nitrogen and oxygen atoms in total. The van der Waals surface area contributed by atoms with Crippen LogP contribution in [0.15, 0.2) is 47.6 Å². The molecule has 0 aromatic heterocycles. The van der Waals surface area contributed by atoms with Gasteiger partial charge in [0.25, 0.3) is 0 Å². The van der Waals surface area contributed by atoms with Gasteiger partial charge in [-0.15, -0.1) is 13.2 Å². The van der Waals surface area contributed by atoms with Crippen molar-refractivity contribution in [1.29, 1.82) is 0 Å². The second-order valence-electron chi connectivity index (χ2n) is 8.51. The Labute approximate surface area is 179 Å². The molecule has 0 heterocycles. The van der Waals surface area contributed by atoms with E-state index in [0.29, 0.717) is 12.8 Å². The van der Waals surface area contributed by atoms with E-state index in [9.17, 15) is 9.59 Å².